The average Bonchev–Trinajstić information content (AvgIpc) is 1.96. The SMILES string of the molecule is CN=C(/C=C(\C)CC(F)(F)F)NC. The third kappa shape index (κ3) is 6.19. The Bertz CT molecular complexity index is 216. The predicted octanol–water partition coefficient (Wildman–Crippen LogP) is 2.13. The second-order valence-corrected chi connectivity index (χ2v) is 2.64. The molecule has 0 radical (unpaired) electrons. The first-order chi connectivity index (χ1) is 5.89. The molecule has 0 unspecified atom stereocenters. The number of nitrogens with one attached hydrogen (secondary N) is 1. The van der Waals surface area contributed by atoms with E-state index in [0.717, 1.165) is 0 Å². The van der Waals surface area contributed by atoms with Crippen LogP contribution in [0.15, 0.2) is 16.6 Å². The Morgan fingerprint density at radius 3 is 2.31 bits per heavy atom. The van der Waals surface area contributed by atoms with Crippen LogP contribution in [0.1, 0.15) is 13.3 Å². The van der Waals surface area contributed by atoms with E-state index < -0.39 is 12.6 Å². The second-order valence-electron chi connectivity index (χ2n) is 2.64. The van der Waals surface area contributed by atoms with Crippen molar-refractivity contribution in [2.24, 2.45) is 4.99 Å². The first-order valence-corrected chi connectivity index (χ1v) is 3.77. The lowest BCUT2D eigenvalue weighted by Gasteiger charge is -2.06. The summed E-state index contributed by atoms with van der Waals surface area (Å²) in [5.41, 5.74) is 0.238. The van der Waals surface area contributed by atoms with Crippen molar-refractivity contribution >= 4 is 5.84 Å². The quantitative estimate of drug-likeness (QED) is 0.528. The van der Waals surface area contributed by atoms with Crippen LogP contribution in [0.3, 0.4) is 0 Å². The summed E-state index contributed by atoms with van der Waals surface area (Å²) in [6.45, 7) is 1.43. The monoisotopic (exact) mass is 194 g/mol. The molecule has 5 heteroatoms. The molecule has 0 aromatic carbocycles. The van der Waals surface area contributed by atoms with Gasteiger partial charge in [0, 0.05) is 14.1 Å². The van der Waals surface area contributed by atoms with Crippen molar-refractivity contribution in [2.45, 2.75) is 19.5 Å². The molecule has 76 valence electrons. The van der Waals surface area contributed by atoms with Crippen molar-refractivity contribution in [3.05, 3.63) is 11.6 Å². The second kappa shape index (κ2) is 4.89. The molecule has 0 aliphatic carbocycles. The fourth-order valence-electron chi connectivity index (χ4n) is 0.849. The maximum absolute atomic E-state index is 11.9. The van der Waals surface area contributed by atoms with Gasteiger partial charge in [0.2, 0.25) is 0 Å². The van der Waals surface area contributed by atoms with Gasteiger partial charge in [-0.15, -0.1) is 0 Å². The van der Waals surface area contributed by atoms with Gasteiger partial charge in [0.15, 0.2) is 0 Å². The molecule has 0 spiro atoms. The summed E-state index contributed by atoms with van der Waals surface area (Å²) in [5.74, 6) is 0.446. The van der Waals surface area contributed by atoms with Crippen molar-refractivity contribution in [3.63, 3.8) is 0 Å². The Morgan fingerprint density at radius 2 is 2.00 bits per heavy atom. The normalized spacial score (nSPS) is 14.6. The molecule has 0 aliphatic heterocycles. The van der Waals surface area contributed by atoms with Crippen LogP contribution in [0.2, 0.25) is 0 Å². The van der Waals surface area contributed by atoms with Gasteiger partial charge in [0.1, 0.15) is 5.84 Å². The van der Waals surface area contributed by atoms with E-state index in [0.29, 0.717) is 5.84 Å². The lowest BCUT2D eigenvalue weighted by molar-refractivity contribution is -0.126. The summed E-state index contributed by atoms with van der Waals surface area (Å²) in [4.78, 5) is 3.74. The minimum absolute atomic E-state index is 0.238. The highest BCUT2D eigenvalue weighted by atomic mass is 19.4. The van der Waals surface area contributed by atoms with Gasteiger partial charge in [-0.25, -0.2) is 0 Å². The fourth-order valence-corrected chi connectivity index (χ4v) is 0.849. The highest BCUT2D eigenvalue weighted by molar-refractivity contribution is 5.93. The van der Waals surface area contributed by atoms with Crippen molar-refractivity contribution < 1.29 is 13.2 Å². The number of amidine groups is 1. The van der Waals surface area contributed by atoms with E-state index in [-0.39, 0.29) is 5.57 Å². The number of allylic oxidation sites excluding steroid dienone is 1. The molecular weight excluding hydrogens is 181 g/mol. The topological polar surface area (TPSA) is 24.4 Å². The zero-order chi connectivity index (χ0) is 10.5. The molecule has 1 N–H and O–H groups in total. The van der Waals surface area contributed by atoms with Crippen LogP contribution in [0.5, 0.6) is 0 Å². The van der Waals surface area contributed by atoms with Crippen LogP contribution >= 0.6 is 0 Å². The van der Waals surface area contributed by atoms with E-state index in [1.54, 1.807) is 7.05 Å². The Kier molecular flexibility index (Phi) is 4.51. The number of hydrogen-bond donors (Lipinski definition) is 1. The van der Waals surface area contributed by atoms with E-state index in [4.69, 9.17) is 0 Å². The molecule has 0 rings (SSSR count). The van der Waals surface area contributed by atoms with Crippen molar-refractivity contribution in [3.8, 4) is 0 Å². The van der Waals surface area contributed by atoms with Gasteiger partial charge >= 0.3 is 6.18 Å². The molecule has 0 bridgehead atoms. The van der Waals surface area contributed by atoms with E-state index in [1.807, 2.05) is 0 Å². The Hall–Kier alpha value is -1.00. The van der Waals surface area contributed by atoms with E-state index in [1.165, 1.54) is 20.0 Å². The Morgan fingerprint density at radius 1 is 1.46 bits per heavy atom. The maximum atomic E-state index is 11.9. The standard InChI is InChI=1S/C8H13F3N2/c1-6(5-8(9,10)11)4-7(12-2)13-3/h4H,5H2,1-3H3,(H,12,13)/b6-4+. The van der Waals surface area contributed by atoms with E-state index in [2.05, 4.69) is 10.3 Å². The summed E-state index contributed by atoms with van der Waals surface area (Å²) >= 11 is 0. The van der Waals surface area contributed by atoms with Gasteiger partial charge in [0.05, 0.1) is 6.42 Å². The number of aliphatic imine (C=N–C) groups is 1. The highest BCUT2D eigenvalue weighted by Gasteiger charge is 2.27. The summed E-state index contributed by atoms with van der Waals surface area (Å²) in [7, 11) is 3.13. The van der Waals surface area contributed by atoms with Crippen molar-refractivity contribution in [2.75, 3.05) is 14.1 Å². The number of halogens is 3. The van der Waals surface area contributed by atoms with Crippen LogP contribution in [-0.4, -0.2) is 26.1 Å². The van der Waals surface area contributed by atoms with Crippen LogP contribution in [-0.2, 0) is 0 Å². The highest BCUT2D eigenvalue weighted by Crippen LogP contribution is 2.23. The van der Waals surface area contributed by atoms with Crippen LogP contribution in [0.25, 0.3) is 0 Å². The van der Waals surface area contributed by atoms with Gasteiger partial charge in [-0.1, -0.05) is 5.57 Å². The number of nitrogens with zero attached hydrogens (tertiary/aromatic N) is 1. The molecule has 2 nitrogen and oxygen atoms in total. The molecule has 0 aromatic heterocycles. The van der Waals surface area contributed by atoms with Gasteiger partial charge in [0.25, 0.3) is 0 Å². The Balaban J connectivity index is 4.33. The molecule has 0 aliphatic rings. The molecule has 0 saturated carbocycles. The van der Waals surface area contributed by atoms with Gasteiger partial charge in [-0.05, 0) is 13.0 Å². The van der Waals surface area contributed by atoms with Gasteiger partial charge in [-0.2, -0.15) is 13.2 Å². The minimum Gasteiger partial charge on any atom is -0.373 e. The number of alkyl halides is 3. The first kappa shape index (κ1) is 12.0. The van der Waals surface area contributed by atoms with Crippen molar-refractivity contribution in [1.82, 2.24) is 5.32 Å². The molecule has 0 fully saturated rings. The summed E-state index contributed by atoms with van der Waals surface area (Å²) < 4.78 is 35.6. The molecule has 0 aromatic rings. The fraction of sp³-hybridized carbons (Fsp3) is 0.625. The largest absolute Gasteiger partial charge is 0.392 e. The first-order valence-electron chi connectivity index (χ1n) is 3.77. The molecule has 0 heterocycles. The average molecular weight is 194 g/mol. The molecular formula is C8H13F3N2. The minimum atomic E-state index is -4.15. The van der Waals surface area contributed by atoms with Crippen molar-refractivity contribution in [1.29, 1.82) is 0 Å². The Labute approximate surface area is 75.5 Å². The van der Waals surface area contributed by atoms with E-state index in [9.17, 15) is 13.2 Å². The van der Waals surface area contributed by atoms with Gasteiger partial charge in [-0.3, -0.25) is 4.99 Å². The number of rotatable bonds is 2. The molecule has 0 atom stereocenters. The molecule has 0 saturated heterocycles. The predicted molar refractivity (Wildman–Crippen MR) is 46.8 cm³/mol. The third-order valence-corrected chi connectivity index (χ3v) is 1.36. The van der Waals surface area contributed by atoms with Gasteiger partial charge < -0.3 is 5.32 Å². The summed E-state index contributed by atoms with van der Waals surface area (Å²) in [5, 5.41) is 2.67. The number of hydrogen-bond acceptors (Lipinski definition) is 1. The third-order valence-electron chi connectivity index (χ3n) is 1.36. The van der Waals surface area contributed by atoms with Crippen LogP contribution in [0.4, 0.5) is 13.2 Å². The summed E-state index contributed by atoms with van der Waals surface area (Å²) in [6.07, 6.45) is -3.66. The summed E-state index contributed by atoms with van der Waals surface area (Å²) in [6, 6.07) is 0. The smallest absolute Gasteiger partial charge is 0.373 e. The lowest BCUT2D eigenvalue weighted by Crippen LogP contribution is -2.16. The van der Waals surface area contributed by atoms with E-state index >= 15 is 0 Å². The molecule has 13 heavy (non-hydrogen) atoms. The zero-order valence-electron chi connectivity index (χ0n) is 7.87. The number of likely N-dealkylation sites (N-methyl/N-ethyl adjacent to an activating group) is 1. The van der Waals surface area contributed by atoms with Crippen LogP contribution in [0, 0.1) is 0 Å². The van der Waals surface area contributed by atoms with Crippen LogP contribution < -0.4 is 5.32 Å². The molecule has 0 amide bonds. The maximum Gasteiger partial charge on any atom is 0.392 e. The zero-order valence-corrected chi connectivity index (χ0v) is 7.87. The lowest BCUT2D eigenvalue weighted by atomic mass is 10.2.